The van der Waals surface area contributed by atoms with E-state index in [4.69, 9.17) is 14.7 Å². The quantitative estimate of drug-likeness (QED) is 0.824. The second kappa shape index (κ2) is 5.69. The summed E-state index contributed by atoms with van der Waals surface area (Å²) in [5.74, 6) is 1.48. The molecule has 4 nitrogen and oxygen atoms in total. The van der Waals surface area contributed by atoms with Crippen LogP contribution in [0.2, 0.25) is 0 Å². The van der Waals surface area contributed by atoms with E-state index in [-0.39, 0.29) is 0 Å². The number of hydrogen-bond acceptors (Lipinski definition) is 4. The zero-order valence-electron chi connectivity index (χ0n) is 9.96. The van der Waals surface area contributed by atoms with Gasteiger partial charge in [0.15, 0.2) is 0 Å². The van der Waals surface area contributed by atoms with Crippen molar-refractivity contribution in [2.75, 3.05) is 7.11 Å². The lowest BCUT2D eigenvalue weighted by atomic mass is 10.2. The maximum Gasteiger partial charge on any atom is 0.140 e. The van der Waals surface area contributed by atoms with Crippen molar-refractivity contribution in [2.45, 2.75) is 6.61 Å². The molecule has 0 bridgehead atoms. The van der Waals surface area contributed by atoms with Crippen LogP contribution < -0.4 is 9.47 Å². The van der Waals surface area contributed by atoms with Gasteiger partial charge in [-0.15, -0.1) is 0 Å². The largest absolute Gasteiger partial charge is 0.497 e. The van der Waals surface area contributed by atoms with E-state index < -0.39 is 0 Å². The van der Waals surface area contributed by atoms with Crippen molar-refractivity contribution in [3.63, 3.8) is 0 Å². The first-order valence-electron chi connectivity index (χ1n) is 5.43. The van der Waals surface area contributed by atoms with Crippen LogP contribution in [-0.4, -0.2) is 12.1 Å². The first-order chi connectivity index (χ1) is 8.81. The fraction of sp³-hybridized carbons (Fsp3) is 0.143. The molecule has 1 aromatic heterocycles. The van der Waals surface area contributed by atoms with Crippen LogP contribution in [0.15, 0.2) is 42.6 Å². The number of hydrogen-bond donors (Lipinski definition) is 0. The van der Waals surface area contributed by atoms with Crippen LogP contribution in [0.4, 0.5) is 0 Å². The third kappa shape index (κ3) is 2.98. The van der Waals surface area contributed by atoms with E-state index in [1.54, 1.807) is 19.4 Å². The van der Waals surface area contributed by atoms with Gasteiger partial charge in [0, 0.05) is 12.3 Å². The zero-order chi connectivity index (χ0) is 12.8. The summed E-state index contributed by atoms with van der Waals surface area (Å²) in [5, 5.41) is 8.75. The predicted molar refractivity (Wildman–Crippen MR) is 66.3 cm³/mol. The number of nitriles is 1. The third-order valence-electron chi connectivity index (χ3n) is 2.39. The van der Waals surface area contributed by atoms with Gasteiger partial charge in [0.25, 0.3) is 0 Å². The number of ether oxygens (including phenoxy) is 2. The molecular formula is C14H12N2O2. The minimum absolute atomic E-state index is 0.391. The maximum atomic E-state index is 8.75. The molecule has 0 amide bonds. The second-order valence-electron chi connectivity index (χ2n) is 3.63. The van der Waals surface area contributed by atoms with Crippen LogP contribution >= 0.6 is 0 Å². The fourth-order valence-electron chi connectivity index (χ4n) is 1.48. The molecule has 0 saturated carbocycles. The molecule has 1 heterocycles. The molecular weight excluding hydrogens is 228 g/mol. The Hall–Kier alpha value is -2.54. The van der Waals surface area contributed by atoms with E-state index in [9.17, 15) is 0 Å². The summed E-state index contributed by atoms with van der Waals surface area (Å²) in [6.45, 7) is 0.393. The van der Waals surface area contributed by atoms with E-state index in [0.29, 0.717) is 12.3 Å². The van der Waals surface area contributed by atoms with Gasteiger partial charge >= 0.3 is 0 Å². The molecule has 18 heavy (non-hydrogen) atoms. The van der Waals surface area contributed by atoms with Crippen molar-refractivity contribution in [1.82, 2.24) is 4.98 Å². The van der Waals surface area contributed by atoms with Gasteiger partial charge in [0.1, 0.15) is 29.9 Å². The van der Waals surface area contributed by atoms with Crippen molar-refractivity contribution < 1.29 is 9.47 Å². The normalized spacial score (nSPS) is 9.56. The SMILES string of the molecule is COc1cccc(OCc2ccnc(C#N)c2)c1. The third-order valence-corrected chi connectivity index (χ3v) is 2.39. The van der Waals surface area contributed by atoms with Crippen LogP contribution in [0.5, 0.6) is 11.5 Å². The number of aromatic nitrogens is 1. The Morgan fingerprint density at radius 3 is 2.83 bits per heavy atom. The van der Waals surface area contributed by atoms with Gasteiger partial charge in [-0.1, -0.05) is 6.07 Å². The molecule has 0 aliphatic carbocycles. The molecule has 0 N–H and O–H groups in total. The number of methoxy groups -OCH3 is 1. The van der Waals surface area contributed by atoms with Crippen molar-refractivity contribution in [2.24, 2.45) is 0 Å². The Bertz CT molecular complexity index is 576. The summed E-state index contributed by atoms with van der Waals surface area (Å²) < 4.78 is 10.7. The Balaban J connectivity index is 2.04. The van der Waals surface area contributed by atoms with Gasteiger partial charge in [-0.3, -0.25) is 0 Å². The number of benzene rings is 1. The molecule has 4 heteroatoms. The first kappa shape index (κ1) is 11.9. The Labute approximate surface area is 105 Å². The lowest BCUT2D eigenvalue weighted by Gasteiger charge is -2.07. The lowest BCUT2D eigenvalue weighted by molar-refractivity contribution is 0.303. The molecule has 2 rings (SSSR count). The summed E-state index contributed by atoms with van der Waals surface area (Å²) in [4.78, 5) is 3.90. The zero-order valence-corrected chi connectivity index (χ0v) is 9.96. The Kier molecular flexibility index (Phi) is 3.77. The lowest BCUT2D eigenvalue weighted by Crippen LogP contribution is -1.97. The topological polar surface area (TPSA) is 55.1 Å². The van der Waals surface area contributed by atoms with Crippen LogP contribution in [0, 0.1) is 11.3 Å². The highest BCUT2D eigenvalue weighted by atomic mass is 16.5. The van der Waals surface area contributed by atoms with E-state index in [2.05, 4.69) is 4.98 Å². The Morgan fingerprint density at radius 2 is 2.06 bits per heavy atom. The first-order valence-corrected chi connectivity index (χ1v) is 5.43. The molecule has 0 spiro atoms. The molecule has 0 aliphatic heterocycles. The van der Waals surface area contributed by atoms with Crippen molar-refractivity contribution in [3.05, 3.63) is 53.9 Å². The minimum Gasteiger partial charge on any atom is -0.497 e. The molecule has 2 aromatic rings. The van der Waals surface area contributed by atoms with Crippen molar-refractivity contribution in [1.29, 1.82) is 5.26 Å². The highest BCUT2D eigenvalue weighted by Crippen LogP contribution is 2.19. The summed E-state index contributed by atoms with van der Waals surface area (Å²) >= 11 is 0. The molecule has 1 aromatic carbocycles. The van der Waals surface area contributed by atoms with Gasteiger partial charge in [0.05, 0.1) is 7.11 Å². The van der Waals surface area contributed by atoms with Gasteiger partial charge < -0.3 is 9.47 Å². The second-order valence-corrected chi connectivity index (χ2v) is 3.63. The average molecular weight is 240 g/mol. The number of nitrogens with zero attached hydrogens (tertiary/aromatic N) is 2. The summed E-state index contributed by atoms with van der Waals surface area (Å²) in [6, 6.07) is 12.9. The maximum absolute atomic E-state index is 8.75. The molecule has 0 unspecified atom stereocenters. The monoisotopic (exact) mass is 240 g/mol. The van der Waals surface area contributed by atoms with Crippen LogP contribution in [0.1, 0.15) is 11.3 Å². The minimum atomic E-state index is 0.391. The fourth-order valence-corrected chi connectivity index (χ4v) is 1.48. The van der Waals surface area contributed by atoms with Gasteiger partial charge in [-0.05, 0) is 29.8 Å². The molecule has 0 aliphatic rings. The highest BCUT2D eigenvalue weighted by molar-refractivity contribution is 5.33. The molecule has 0 radical (unpaired) electrons. The van der Waals surface area contributed by atoms with E-state index in [1.165, 1.54) is 0 Å². The van der Waals surface area contributed by atoms with Crippen LogP contribution in [-0.2, 0) is 6.61 Å². The standard InChI is InChI=1S/C14H12N2O2/c1-17-13-3-2-4-14(8-13)18-10-11-5-6-16-12(7-11)9-15/h2-8H,10H2,1H3. The molecule has 0 atom stereocenters. The van der Waals surface area contributed by atoms with E-state index in [0.717, 1.165) is 17.1 Å². The van der Waals surface area contributed by atoms with E-state index >= 15 is 0 Å². The van der Waals surface area contributed by atoms with Crippen molar-refractivity contribution in [3.8, 4) is 17.6 Å². The van der Waals surface area contributed by atoms with Crippen molar-refractivity contribution >= 4 is 0 Å². The summed E-state index contributed by atoms with van der Waals surface area (Å²) in [5.41, 5.74) is 1.30. The van der Waals surface area contributed by atoms with Gasteiger partial charge in [-0.25, -0.2) is 4.98 Å². The number of rotatable bonds is 4. The summed E-state index contributed by atoms with van der Waals surface area (Å²) in [7, 11) is 1.61. The van der Waals surface area contributed by atoms with Gasteiger partial charge in [-0.2, -0.15) is 5.26 Å². The number of pyridine rings is 1. The van der Waals surface area contributed by atoms with E-state index in [1.807, 2.05) is 36.4 Å². The van der Waals surface area contributed by atoms with Crippen LogP contribution in [0.25, 0.3) is 0 Å². The highest BCUT2D eigenvalue weighted by Gasteiger charge is 1.99. The summed E-state index contributed by atoms with van der Waals surface area (Å²) in [6.07, 6.45) is 1.60. The predicted octanol–water partition coefficient (Wildman–Crippen LogP) is 2.54. The average Bonchev–Trinajstić information content (AvgIpc) is 2.45. The Morgan fingerprint density at radius 1 is 1.22 bits per heavy atom. The smallest absolute Gasteiger partial charge is 0.140 e. The molecule has 0 fully saturated rings. The van der Waals surface area contributed by atoms with Gasteiger partial charge in [0.2, 0.25) is 0 Å². The molecule has 0 saturated heterocycles. The molecule has 90 valence electrons. The van der Waals surface area contributed by atoms with Crippen LogP contribution in [0.3, 0.4) is 0 Å².